The maximum absolute atomic E-state index is 8.25. The first-order chi connectivity index (χ1) is 11.7. The maximum Gasteiger partial charge on any atom is -0.153 e. The molecule has 1 nitrogen and oxygen atoms in total. The normalized spacial score (nSPS) is 19.2. The van der Waals surface area contributed by atoms with Gasteiger partial charge in [0.05, 0.1) is 0 Å². The molecule has 4 rings (SSSR count). The average molecular weight is 430 g/mol. The molecule has 2 atom stereocenters. The molecule has 0 saturated carbocycles. The van der Waals surface area contributed by atoms with Crippen LogP contribution in [0.1, 0.15) is 43.4 Å². The molecule has 3 heteroatoms. The predicted molar refractivity (Wildman–Crippen MR) is 96.1 cm³/mol. The molecule has 0 saturated heterocycles. The minimum atomic E-state index is -0.632. The van der Waals surface area contributed by atoms with E-state index in [1.54, 1.807) is 16.7 Å². The van der Waals surface area contributed by atoms with E-state index in [4.69, 9.17) is 5.11 Å². The van der Waals surface area contributed by atoms with Crippen LogP contribution in [0.3, 0.4) is 0 Å². The van der Waals surface area contributed by atoms with Gasteiger partial charge in [-0.15, -0.1) is 0 Å². The van der Waals surface area contributed by atoms with Gasteiger partial charge in [0.25, 0.3) is 0 Å². The largest absolute Gasteiger partial charge is 1.00 e. The third kappa shape index (κ3) is 4.08. The first kappa shape index (κ1) is 20.4. The molecule has 0 heterocycles. The molecule has 25 heavy (non-hydrogen) atoms. The summed E-state index contributed by atoms with van der Waals surface area (Å²) < 4.78 is 1.46. The molecular weight excluding hydrogens is 407 g/mol. The number of fused-ring (bicyclic) bond motifs is 2. The van der Waals surface area contributed by atoms with Crippen LogP contribution in [0.15, 0.2) is 60.2 Å². The Morgan fingerprint density at radius 3 is 2.16 bits per heavy atom. The van der Waals surface area contributed by atoms with E-state index in [0.717, 1.165) is 14.4 Å². The molecule has 0 aliphatic heterocycles. The number of rotatable bonds is 3. The second-order valence-electron chi connectivity index (χ2n) is 6.49. The first-order valence-electron chi connectivity index (χ1n) is 8.48. The Hall–Kier alpha value is -0.947. The Balaban J connectivity index is 0.000000726. The van der Waals surface area contributed by atoms with Gasteiger partial charge in [-0.3, -0.25) is 0 Å². The van der Waals surface area contributed by atoms with E-state index < -0.39 is 23.2 Å². The van der Waals surface area contributed by atoms with Crippen LogP contribution in [0.4, 0.5) is 0 Å². The summed E-state index contributed by atoms with van der Waals surface area (Å²) in [5.74, 6) is 0.652. The third-order valence-corrected chi connectivity index (χ3v) is 9.30. The van der Waals surface area contributed by atoms with Crippen molar-refractivity contribution in [3.8, 4) is 0 Å². The van der Waals surface area contributed by atoms with Crippen LogP contribution < -0.4 is 17.5 Å². The minimum Gasteiger partial charge on any atom is -1.00 e. The van der Waals surface area contributed by atoms with Gasteiger partial charge >= 0.3 is 145 Å². The zero-order chi connectivity index (χ0) is 17.1. The number of benzene rings is 2. The summed E-state index contributed by atoms with van der Waals surface area (Å²) in [6.07, 6.45) is 7.27. The van der Waals surface area contributed by atoms with Crippen LogP contribution in [0, 0.1) is 5.92 Å². The Morgan fingerprint density at radius 1 is 0.880 bits per heavy atom. The van der Waals surface area contributed by atoms with Crippen molar-refractivity contribution in [1.82, 2.24) is 0 Å². The fourth-order valence-electron chi connectivity index (χ4n) is 3.61. The fourth-order valence-corrected chi connectivity index (χ4v) is 8.67. The van der Waals surface area contributed by atoms with Gasteiger partial charge in [0, 0.05) is 0 Å². The summed E-state index contributed by atoms with van der Waals surface area (Å²) in [6.45, 7) is 4.70. The summed E-state index contributed by atoms with van der Waals surface area (Å²) in [7, 11) is 0.750. The zero-order valence-corrected chi connectivity index (χ0v) is 18.1. The van der Waals surface area contributed by atoms with Crippen LogP contribution in [0.2, 0.25) is 0 Å². The Morgan fingerprint density at radius 2 is 1.48 bits per heavy atom. The van der Waals surface area contributed by atoms with Crippen LogP contribution in [0.5, 0.6) is 0 Å². The van der Waals surface area contributed by atoms with E-state index in [2.05, 4.69) is 80.6 Å². The van der Waals surface area contributed by atoms with E-state index in [1.165, 1.54) is 11.1 Å². The van der Waals surface area contributed by atoms with E-state index in [1.807, 2.05) is 0 Å². The molecule has 2 aromatic carbocycles. The van der Waals surface area contributed by atoms with Crippen LogP contribution in [-0.2, 0) is 23.2 Å². The van der Waals surface area contributed by atoms with Gasteiger partial charge in [0.1, 0.15) is 0 Å². The second-order valence-corrected chi connectivity index (χ2v) is 10.3. The molecule has 0 N–H and O–H groups in total. The number of hydrogen-bond acceptors (Lipinski definition) is 1. The number of allylic oxidation sites excluding steroid dienone is 2. The van der Waals surface area contributed by atoms with Gasteiger partial charge in [-0.1, -0.05) is 0 Å². The standard InChI is InChI=1S/C12H13.C9H7.CH3O.ClH.Zr/c1-9(2)12-7-10-5-3-4-6-11(10)8-12;1-2-5-9-7-3-6-8(9)4-1;1-2;;/h3-9H,1-2H3;1-7H;1H3;1H;/q;;-1;;+2/p-1. The van der Waals surface area contributed by atoms with Crippen molar-refractivity contribution in [1.29, 1.82) is 0 Å². The monoisotopic (exact) mass is 428 g/mol. The Kier molecular flexibility index (Phi) is 7.43. The van der Waals surface area contributed by atoms with Gasteiger partial charge < -0.3 is 17.5 Å². The number of hydrogen-bond donors (Lipinski definition) is 0. The van der Waals surface area contributed by atoms with E-state index in [9.17, 15) is 0 Å². The van der Waals surface area contributed by atoms with Crippen molar-refractivity contribution < 1.29 is 40.7 Å². The summed E-state index contributed by atoms with van der Waals surface area (Å²) in [6, 6.07) is 18.0. The molecule has 0 spiro atoms. The van der Waals surface area contributed by atoms with Gasteiger partial charge in [-0.05, 0) is 0 Å². The minimum absolute atomic E-state index is 0. The maximum atomic E-state index is 8.25. The molecule has 2 unspecified atom stereocenters. The molecule has 2 aliphatic carbocycles. The zero-order valence-electron chi connectivity index (χ0n) is 14.9. The van der Waals surface area contributed by atoms with Gasteiger partial charge in [-0.25, -0.2) is 0 Å². The third-order valence-electron chi connectivity index (χ3n) is 4.77. The number of halogens is 1. The molecule has 0 amide bonds. The molecule has 0 aromatic heterocycles. The fraction of sp³-hybridized carbons (Fsp3) is 0.273. The summed E-state index contributed by atoms with van der Waals surface area (Å²) in [4.78, 5) is 0. The predicted octanol–water partition coefficient (Wildman–Crippen LogP) is 1.61. The van der Waals surface area contributed by atoms with Gasteiger partial charge in [-0.2, -0.15) is 7.11 Å². The SMILES string of the molecule is CC(C)C1=Cc2ccccc2[CH]1[Zr+2][CH]1C=Cc2ccccc21.C[O-].[Cl-]. The van der Waals surface area contributed by atoms with Crippen molar-refractivity contribution in [2.45, 2.75) is 21.1 Å². The average Bonchev–Trinajstić information content (AvgIpc) is 3.20. The molecule has 2 aromatic rings. The van der Waals surface area contributed by atoms with Gasteiger partial charge in [0.15, 0.2) is 0 Å². The van der Waals surface area contributed by atoms with Crippen LogP contribution in [-0.4, -0.2) is 7.11 Å². The Labute approximate surface area is 168 Å². The van der Waals surface area contributed by atoms with E-state index in [0.29, 0.717) is 5.92 Å². The van der Waals surface area contributed by atoms with E-state index in [-0.39, 0.29) is 12.4 Å². The summed E-state index contributed by atoms with van der Waals surface area (Å²) in [5, 5.41) is 8.25. The van der Waals surface area contributed by atoms with Crippen molar-refractivity contribution in [2.24, 2.45) is 5.92 Å². The topological polar surface area (TPSA) is 23.1 Å². The smallest absolute Gasteiger partial charge is 0.153 e. The molecule has 0 radical (unpaired) electrons. The van der Waals surface area contributed by atoms with Gasteiger partial charge in [0.2, 0.25) is 0 Å². The molecule has 2 aliphatic rings. The summed E-state index contributed by atoms with van der Waals surface area (Å²) >= 11 is -0.632. The van der Waals surface area contributed by atoms with Crippen molar-refractivity contribution >= 4 is 12.2 Å². The van der Waals surface area contributed by atoms with E-state index >= 15 is 0 Å². The molecule has 0 bridgehead atoms. The molecular formula is C22H23ClOZr. The van der Waals surface area contributed by atoms with Crippen molar-refractivity contribution in [3.05, 3.63) is 82.4 Å². The molecule has 128 valence electrons. The summed E-state index contributed by atoms with van der Waals surface area (Å²) in [5.41, 5.74) is 7.74. The van der Waals surface area contributed by atoms with Crippen molar-refractivity contribution in [2.75, 3.05) is 7.11 Å². The van der Waals surface area contributed by atoms with Crippen LogP contribution >= 0.6 is 0 Å². The van der Waals surface area contributed by atoms with Crippen molar-refractivity contribution in [3.63, 3.8) is 0 Å². The molecule has 0 fully saturated rings. The quantitative estimate of drug-likeness (QED) is 0.726. The Bertz CT molecular complexity index is 779. The van der Waals surface area contributed by atoms with Crippen LogP contribution in [0.25, 0.3) is 12.2 Å². The first-order valence-corrected chi connectivity index (χ1v) is 11.3. The second kappa shape index (κ2) is 9.12.